The largest absolute Gasteiger partial charge is 0.367 e. The van der Waals surface area contributed by atoms with Crippen LogP contribution in [0, 0.1) is 18.8 Å². The van der Waals surface area contributed by atoms with Gasteiger partial charge in [-0.3, -0.25) is 14.5 Å². The van der Waals surface area contributed by atoms with Crippen molar-refractivity contribution in [2.45, 2.75) is 19.1 Å². The van der Waals surface area contributed by atoms with Crippen LogP contribution in [-0.4, -0.2) is 35.6 Å². The number of nitrogens with zero attached hydrogens (tertiary/aromatic N) is 1. The number of aryl methyl sites for hydroxylation is 1. The minimum atomic E-state index is -0.328. The molecular formula is C16H16N2O3. The van der Waals surface area contributed by atoms with Crippen molar-refractivity contribution >= 4 is 17.5 Å². The molecule has 0 radical (unpaired) electrons. The van der Waals surface area contributed by atoms with Gasteiger partial charge in [-0.2, -0.15) is 0 Å². The highest BCUT2D eigenvalue weighted by Gasteiger charge is 2.60. The number of para-hydroxylation sites is 1. The first kappa shape index (κ1) is 12.6. The van der Waals surface area contributed by atoms with Gasteiger partial charge in [-0.05, 0) is 18.6 Å². The van der Waals surface area contributed by atoms with Gasteiger partial charge < -0.3 is 10.1 Å². The fourth-order valence-electron chi connectivity index (χ4n) is 3.46. The van der Waals surface area contributed by atoms with E-state index in [1.165, 1.54) is 4.90 Å². The van der Waals surface area contributed by atoms with Crippen LogP contribution in [0.4, 0.5) is 5.69 Å². The molecule has 5 nitrogen and oxygen atoms in total. The van der Waals surface area contributed by atoms with Crippen molar-refractivity contribution in [1.82, 2.24) is 4.90 Å². The molecule has 0 spiro atoms. The number of likely N-dealkylation sites (tertiary alicyclic amines) is 1. The number of carbonyl (C=O) groups excluding carboxylic acids is 2. The van der Waals surface area contributed by atoms with E-state index >= 15 is 0 Å². The summed E-state index contributed by atoms with van der Waals surface area (Å²) in [5, 5.41) is 3.18. The zero-order valence-corrected chi connectivity index (χ0v) is 11.7. The van der Waals surface area contributed by atoms with Gasteiger partial charge >= 0.3 is 0 Å². The maximum Gasteiger partial charge on any atom is 0.237 e. The van der Waals surface area contributed by atoms with Crippen LogP contribution in [0.2, 0.25) is 0 Å². The molecular weight excluding hydrogens is 268 g/mol. The number of hydrogen-bond acceptors (Lipinski definition) is 4. The molecule has 2 amide bonds. The second kappa shape index (κ2) is 4.43. The van der Waals surface area contributed by atoms with Gasteiger partial charge in [0.25, 0.3) is 0 Å². The van der Waals surface area contributed by atoms with E-state index in [0.29, 0.717) is 0 Å². The molecule has 5 heteroatoms. The van der Waals surface area contributed by atoms with Crippen molar-refractivity contribution in [1.29, 1.82) is 0 Å². The third kappa shape index (κ3) is 1.74. The van der Waals surface area contributed by atoms with E-state index in [9.17, 15) is 9.59 Å². The van der Waals surface area contributed by atoms with Gasteiger partial charge in [0.1, 0.15) is 0 Å². The molecule has 1 N–H and O–H groups in total. The number of anilines is 1. The Morgan fingerprint density at radius 2 is 1.71 bits per heavy atom. The number of nitrogens with one attached hydrogen (secondary N) is 1. The average molecular weight is 284 g/mol. The highest BCUT2D eigenvalue weighted by atomic mass is 16.5. The summed E-state index contributed by atoms with van der Waals surface area (Å²) < 4.78 is 5.61. The Labute approximate surface area is 122 Å². The lowest BCUT2D eigenvalue weighted by molar-refractivity contribution is -0.141. The van der Waals surface area contributed by atoms with Crippen molar-refractivity contribution in [2.75, 3.05) is 12.0 Å². The summed E-state index contributed by atoms with van der Waals surface area (Å²) >= 11 is 0. The third-order valence-corrected chi connectivity index (χ3v) is 4.57. The summed E-state index contributed by atoms with van der Waals surface area (Å²) in [4.78, 5) is 26.2. The number of benzene rings is 1. The standard InChI is InChI=1S/C16H16N2O3/c1-9-4-2-3-5-10(9)17-8-18-15(19)13-11-6-7-12(21-11)14(13)16(18)20/h2-7,11-14,17H,8H2,1H3/t11-,12+,13-,14-/m1/s1. The van der Waals surface area contributed by atoms with Gasteiger partial charge in [0.05, 0.1) is 30.7 Å². The number of ether oxygens (including phenoxy) is 1. The maximum absolute atomic E-state index is 12.4. The van der Waals surface area contributed by atoms with E-state index in [1.54, 1.807) is 0 Å². The van der Waals surface area contributed by atoms with Gasteiger partial charge in [0, 0.05) is 5.69 Å². The molecule has 2 saturated heterocycles. The summed E-state index contributed by atoms with van der Waals surface area (Å²) in [6.07, 6.45) is 3.35. The monoisotopic (exact) mass is 284 g/mol. The highest BCUT2D eigenvalue weighted by molar-refractivity contribution is 6.06. The van der Waals surface area contributed by atoms with Crippen molar-refractivity contribution in [3.05, 3.63) is 42.0 Å². The fourth-order valence-corrected chi connectivity index (χ4v) is 3.46. The lowest BCUT2D eigenvalue weighted by Gasteiger charge is -2.19. The normalized spacial score (nSPS) is 32.9. The average Bonchev–Trinajstić information content (AvgIpc) is 3.14. The molecule has 3 aliphatic heterocycles. The maximum atomic E-state index is 12.4. The summed E-state index contributed by atoms with van der Waals surface area (Å²) in [5.41, 5.74) is 2.02. The van der Waals surface area contributed by atoms with E-state index in [-0.39, 0.29) is 42.5 Å². The lowest BCUT2D eigenvalue weighted by Crippen LogP contribution is -2.38. The van der Waals surface area contributed by atoms with E-state index < -0.39 is 0 Å². The van der Waals surface area contributed by atoms with Gasteiger partial charge in [-0.25, -0.2) is 0 Å². The second-order valence-corrected chi connectivity index (χ2v) is 5.76. The van der Waals surface area contributed by atoms with E-state index in [0.717, 1.165) is 11.3 Å². The molecule has 4 rings (SSSR count). The minimum absolute atomic E-state index is 0.122. The molecule has 0 aromatic heterocycles. The van der Waals surface area contributed by atoms with Gasteiger partial charge in [0.15, 0.2) is 0 Å². The van der Waals surface area contributed by atoms with Crippen molar-refractivity contribution < 1.29 is 14.3 Å². The van der Waals surface area contributed by atoms with Gasteiger partial charge in [-0.1, -0.05) is 30.4 Å². The molecule has 0 unspecified atom stereocenters. The van der Waals surface area contributed by atoms with Crippen molar-refractivity contribution in [3.63, 3.8) is 0 Å². The summed E-state index contributed by atoms with van der Waals surface area (Å²) in [7, 11) is 0. The van der Waals surface area contributed by atoms with E-state index in [4.69, 9.17) is 4.74 Å². The molecule has 0 saturated carbocycles. The minimum Gasteiger partial charge on any atom is -0.367 e. The molecule has 1 aromatic carbocycles. The van der Waals surface area contributed by atoms with Crippen LogP contribution >= 0.6 is 0 Å². The van der Waals surface area contributed by atoms with Crippen LogP contribution in [0.3, 0.4) is 0 Å². The third-order valence-electron chi connectivity index (χ3n) is 4.57. The summed E-state index contributed by atoms with van der Waals surface area (Å²) in [5.74, 6) is -0.900. The molecule has 0 aliphatic carbocycles. The molecule has 21 heavy (non-hydrogen) atoms. The number of hydrogen-bond donors (Lipinski definition) is 1. The summed E-state index contributed by atoms with van der Waals surface area (Å²) in [6, 6.07) is 7.81. The SMILES string of the molecule is Cc1ccccc1NCN1C(=O)[C@H]2[C@H](C1=O)[C@H]1C=C[C@@H]2O1. The predicted molar refractivity (Wildman–Crippen MR) is 76.3 cm³/mol. The van der Waals surface area contributed by atoms with E-state index in [2.05, 4.69) is 5.32 Å². The zero-order valence-electron chi connectivity index (χ0n) is 11.7. The molecule has 1 aromatic rings. The predicted octanol–water partition coefficient (Wildman–Crippen LogP) is 1.30. The van der Waals surface area contributed by atoms with Gasteiger partial charge in [-0.15, -0.1) is 0 Å². The number of rotatable bonds is 3. The van der Waals surface area contributed by atoms with E-state index in [1.807, 2.05) is 43.3 Å². The van der Waals surface area contributed by atoms with Gasteiger partial charge in [0.2, 0.25) is 11.8 Å². The molecule has 3 aliphatic rings. The Bertz CT molecular complexity index is 625. The smallest absolute Gasteiger partial charge is 0.237 e. The quantitative estimate of drug-likeness (QED) is 0.671. The first-order valence-electron chi connectivity index (χ1n) is 7.15. The van der Waals surface area contributed by atoms with Crippen LogP contribution in [0.15, 0.2) is 36.4 Å². The first-order chi connectivity index (χ1) is 10.2. The fraction of sp³-hybridized carbons (Fsp3) is 0.375. The Balaban J connectivity index is 1.51. The number of amides is 2. The molecule has 4 atom stereocenters. The Morgan fingerprint density at radius 1 is 1.10 bits per heavy atom. The van der Waals surface area contributed by atoms with Crippen LogP contribution in [-0.2, 0) is 14.3 Å². The molecule has 108 valence electrons. The summed E-state index contributed by atoms with van der Waals surface area (Å²) in [6.45, 7) is 2.21. The Kier molecular flexibility index (Phi) is 2.65. The topological polar surface area (TPSA) is 58.6 Å². The Morgan fingerprint density at radius 3 is 2.33 bits per heavy atom. The van der Waals surface area contributed by atoms with Crippen molar-refractivity contribution in [2.24, 2.45) is 11.8 Å². The molecule has 2 bridgehead atoms. The lowest BCUT2D eigenvalue weighted by atomic mass is 9.85. The zero-order chi connectivity index (χ0) is 14.6. The van der Waals surface area contributed by atoms with Crippen LogP contribution in [0.25, 0.3) is 0 Å². The molecule has 3 heterocycles. The second-order valence-electron chi connectivity index (χ2n) is 5.76. The number of imide groups is 1. The number of carbonyl (C=O) groups is 2. The molecule has 2 fully saturated rings. The van der Waals surface area contributed by atoms with Crippen LogP contribution < -0.4 is 5.32 Å². The first-order valence-corrected chi connectivity index (χ1v) is 7.15. The number of fused-ring (bicyclic) bond motifs is 5. The highest BCUT2D eigenvalue weighted by Crippen LogP contribution is 2.44. The van der Waals surface area contributed by atoms with Crippen molar-refractivity contribution in [3.8, 4) is 0 Å². The van der Waals surface area contributed by atoms with Crippen LogP contribution in [0.5, 0.6) is 0 Å². The Hall–Kier alpha value is -2.14. The van der Waals surface area contributed by atoms with Crippen LogP contribution in [0.1, 0.15) is 5.56 Å².